The quantitative estimate of drug-likeness (QED) is 0.546. The summed E-state index contributed by atoms with van der Waals surface area (Å²) in [7, 11) is 0. The number of hydrogen-bond donors (Lipinski definition) is 1. The van der Waals surface area contributed by atoms with E-state index in [1.54, 1.807) is 12.1 Å². The molecule has 0 saturated heterocycles. The lowest BCUT2D eigenvalue weighted by atomic mass is 10.1. The van der Waals surface area contributed by atoms with Crippen LogP contribution in [-0.4, -0.2) is 10.5 Å². The van der Waals surface area contributed by atoms with Crippen molar-refractivity contribution in [3.05, 3.63) is 78.1 Å². The topological polar surface area (TPSA) is 34.0 Å². The predicted molar refractivity (Wildman–Crippen MR) is 104 cm³/mol. The Morgan fingerprint density at radius 3 is 2.46 bits per heavy atom. The summed E-state index contributed by atoms with van der Waals surface area (Å²) in [6, 6.07) is 20.3. The molecule has 4 heteroatoms. The average Bonchev–Trinajstić information content (AvgIpc) is 2.97. The van der Waals surface area contributed by atoms with E-state index in [1.807, 2.05) is 30.3 Å². The number of aryl methyl sites for hydroxylation is 1. The number of nitrogens with one attached hydrogen (secondary N) is 1. The summed E-state index contributed by atoms with van der Waals surface area (Å²) in [6.45, 7) is 3.02. The molecule has 0 saturated carbocycles. The minimum absolute atomic E-state index is 0.116. The number of para-hydroxylation sites is 1. The number of carbonyl (C=O) groups is 1. The lowest BCUT2D eigenvalue weighted by Gasteiger charge is -2.07. The van der Waals surface area contributed by atoms with Crippen LogP contribution in [0.15, 0.2) is 66.7 Å². The summed E-state index contributed by atoms with van der Waals surface area (Å²) in [5.41, 5.74) is 3.90. The van der Waals surface area contributed by atoms with Crippen LogP contribution in [0, 0.1) is 5.82 Å². The molecule has 1 amide bonds. The highest BCUT2D eigenvalue weighted by Gasteiger charge is 2.11. The molecule has 3 nitrogen and oxygen atoms in total. The van der Waals surface area contributed by atoms with E-state index in [2.05, 4.69) is 28.9 Å². The normalized spacial score (nSPS) is 11.2. The van der Waals surface area contributed by atoms with E-state index in [0.29, 0.717) is 0 Å². The van der Waals surface area contributed by atoms with Crippen molar-refractivity contribution in [2.75, 3.05) is 5.32 Å². The molecule has 0 fully saturated rings. The van der Waals surface area contributed by atoms with Crippen molar-refractivity contribution < 1.29 is 9.18 Å². The maximum atomic E-state index is 13.0. The monoisotopic (exact) mass is 346 g/mol. The fourth-order valence-electron chi connectivity index (χ4n) is 3.46. The summed E-state index contributed by atoms with van der Waals surface area (Å²) in [6.07, 6.45) is 0.217. The van der Waals surface area contributed by atoms with Crippen LogP contribution in [0.5, 0.6) is 0 Å². The van der Waals surface area contributed by atoms with E-state index in [1.165, 1.54) is 23.0 Å². The average molecular weight is 346 g/mol. The molecule has 130 valence electrons. The zero-order valence-electron chi connectivity index (χ0n) is 14.5. The van der Waals surface area contributed by atoms with Gasteiger partial charge >= 0.3 is 0 Å². The minimum atomic E-state index is -0.299. The van der Waals surface area contributed by atoms with Crippen LogP contribution < -0.4 is 5.32 Å². The second-order valence-electron chi connectivity index (χ2n) is 6.34. The number of halogens is 1. The first kappa shape index (κ1) is 16.3. The summed E-state index contributed by atoms with van der Waals surface area (Å²) < 4.78 is 15.2. The van der Waals surface area contributed by atoms with E-state index in [0.717, 1.165) is 28.7 Å². The van der Waals surface area contributed by atoms with Gasteiger partial charge in [-0.1, -0.05) is 30.3 Å². The van der Waals surface area contributed by atoms with Gasteiger partial charge in [0.2, 0.25) is 5.91 Å². The number of rotatable bonds is 4. The van der Waals surface area contributed by atoms with Gasteiger partial charge in [-0.05, 0) is 48.9 Å². The van der Waals surface area contributed by atoms with Crippen molar-refractivity contribution in [2.24, 2.45) is 0 Å². The van der Waals surface area contributed by atoms with Gasteiger partial charge in [-0.25, -0.2) is 4.39 Å². The maximum absolute atomic E-state index is 13.0. The molecule has 0 aliphatic carbocycles. The van der Waals surface area contributed by atoms with Crippen molar-refractivity contribution in [3.63, 3.8) is 0 Å². The fourth-order valence-corrected chi connectivity index (χ4v) is 3.46. The maximum Gasteiger partial charge on any atom is 0.228 e. The van der Waals surface area contributed by atoms with Gasteiger partial charge in [0.05, 0.1) is 6.42 Å². The molecule has 0 atom stereocenters. The first-order valence-electron chi connectivity index (χ1n) is 8.71. The van der Waals surface area contributed by atoms with E-state index in [-0.39, 0.29) is 18.1 Å². The zero-order chi connectivity index (χ0) is 18.1. The molecule has 3 aromatic carbocycles. The van der Waals surface area contributed by atoms with Gasteiger partial charge in [-0.15, -0.1) is 0 Å². The van der Waals surface area contributed by atoms with Gasteiger partial charge in [0.15, 0.2) is 0 Å². The van der Waals surface area contributed by atoms with Gasteiger partial charge in [0.1, 0.15) is 5.82 Å². The van der Waals surface area contributed by atoms with E-state index < -0.39 is 0 Å². The number of hydrogen-bond acceptors (Lipinski definition) is 1. The largest absolute Gasteiger partial charge is 0.341 e. The highest BCUT2D eigenvalue weighted by molar-refractivity contribution is 6.09. The van der Waals surface area contributed by atoms with Crippen LogP contribution in [0.4, 0.5) is 10.1 Å². The second kappa shape index (κ2) is 6.64. The molecular weight excluding hydrogens is 327 g/mol. The number of nitrogens with zero attached hydrogens (tertiary/aromatic N) is 1. The Kier molecular flexibility index (Phi) is 4.17. The van der Waals surface area contributed by atoms with E-state index >= 15 is 0 Å². The molecule has 0 aliphatic rings. The number of fused-ring (bicyclic) bond motifs is 3. The molecular formula is C22H19FN2O. The first-order valence-corrected chi connectivity index (χ1v) is 8.71. The van der Waals surface area contributed by atoms with Gasteiger partial charge in [0, 0.05) is 34.0 Å². The van der Waals surface area contributed by atoms with Crippen molar-refractivity contribution in [3.8, 4) is 0 Å². The SMILES string of the molecule is CCn1c2ccccc2c2cc(NC(=O)Cc3ccc(F)cc3)ccc21. The van der Waals surface area contributed by atoms with Gasteiger partial charge in [-0.2, -0.15) is 0 Å². The molecule has 0 spiro atoms. The second-order valence-corrected chi connectivity index (χ2v) is 6.34. The van der Waals surface area contributed by atoms with Gasteiger partial charge in [-0.3, -0.25) is 4.79 Å². The Bertz CT molecular complexity index is 1100. The molecule has 1 aromatic heterocycles. The summed E-state index contributed by atoms with van der Waals surface area (Å²) >= 11 is 0. The van der Waals surface area contributed by atoms with E-state index in [4.69, 9.17) is 0 Å². The summed E-state index contributed by atoms with van der Waals surface area (Å²) in [5.74, 6) is -0.415. The Morgan fingerprint density at radius 1 is 0.962 bits per heavy atom. The number of carbonyl (C=O) groups excluding carboxylic acids is 1. The molecule has 1 N–H and O–H groups in total. The minimum Gasteiger partial charge on any atom is -0.341 e. The summed E-state index contributed by atoms with van der Waals surface area (Å²) in [4.78, 5) is 12.3. The standard InChI is InChI=1S/C22H19FN2O/c1-2-25-20-6-4-3-5-18(20)19-14-17(11-12-21(19)25)24-22(26)13-15-7-9-16(23)10-8-15/h3-12,14H,2,13H2,1H3,(H,24,26). The lowest BCUT2D eigenvalue weighted by Crippen LogP contribution is -2.14. The predicted octanol–water partition coefficient (Wildman–Crippen LogP) is 5.13. The van der Waals surface area contributed by atoms with Crippen LogP contribution in [-0.2, 0) is 17.8 Å². The van der Waals surface area contributed by atoms with Gasteiger partial charge < -0.3 is 9.88 Å². The molecule has 0 bridgehead atoms. The third-order valence-corrected chi connectivity index (χ3v) is 4.65. The Labute approximate surface area is 151 Å². The number of amides is 1. The van der Waals surface area contributed by atoms with Gasteiger partial charge in [0.25, 0.3) is 0 Å². The fraction of sp³-hybridized carbons (Fsp3) is 0.136. The molecule has 26 heavy (non-hydrogen) atoms. The Morgan fingerprint density at radius 2 is 1.69 bits per heavy atom. The lowest BCUT2D eigenvalue weighted by molar-refractivity contribution is -0.115. The Balaban J connectivity index is 1.64. The Hall–Kier alpha value is -3.14. The molecule has 4 aromatic rings. The third-order valence-electron chi connectivity index (χ3n) is 4.65. The molecule has 1 heterocycles. The molecule has 0 aliphatic heterocycles. The number of benzene rings is 3. The number of aromatic nitrogens is 1. The van der Waals surface area contributed by atoms with Crippen molar-refractivity contribution in [1.82, 2.24) is 4.57 Å². The third kappa shape index (κ3) is 2.94. The van der Waals surface area contributed by atoms with Crippen molar-refractivity contribution in [1.29, 1.82) is 0 Å². The van der Waals surface area contributed by atoms with Crippen LogP contribution in [0.2, 0.25) is 0 Å². The smallest absolute Gasteiger partial charge is 0.228 e. The highest BCUT2D eigenvalue weighted by atomic mass is 19.1. The van der Waals surface area contributed by atoms with Crippen LogP contribution in [0.1, 0.15) is 12.5 Å². The summed E-state index contributed by atoms with van der Waals surface area (Å²) in [5, 5.41) is 5.25. The van der Waals surface area contributed by atoms with Crippen LogP contribution in [0.25, 0.3) is 21.8 Å². The van der Waals surface area contributed by atoms with Crippen LogP contribution >= 0.6 is 0 Å². The van der Waals surface area contributed by atoms with Crippen molar-refractivity contribution >= 4 is 33.4 Å². The molecule has 4 rings (SSSR count). The zero-order valence-corrected chi connectivity index (χ0v) is 14.5. The molecule has 0 radical (unpaired) electrons. The number of anilines is 1. The van der Waals surface area contributed by atoms with Crippen molar-refractivity contribution in [2.45, 2.75) is 19.9 Å². The first-order chi connectivity index (χ1) is 12.7. The highest BCUT2D eigenvalue weighted by Crippen LogP contribution is 2.31. The van der Waals surface area contributed by atoms with E-state index in [9.17, 15) is 9.18 Å². The molecule has 0 unspecified atom stereocenters. The van der Waals surface area contributed by atoms with Crippen LogP contribution in [0.3, 0.4) is 0 Å².